The molecule has 0 bridgehead atoms. The SMILES string of the molecule is [2H]C([2H])([2H])c1c[c-]c(-c2ccc(C([2H])([2H])[2H])cn2)cc1.[2H]C([2H])([2H])c1cnc(-c2[c-]ccc3c2oc2c(C([2H])([2H])[2H])cccc23)cc1-c1ccc(C([2H])([2H])C(C)(C)C)cc1C([2H])([2H])[2H].[Ir]. The fraction of sp³-hybridized carbons (Fsp3) is 0.227. The Bertz CT molecular complexity index is 2760. The second-order valence-corrected chi connectivity index (χ2v) is 12.1. The monoisotopic (exact) mass is 824 g/mol. The van der Waals surface area contributed by atoms with Gasteiger partial charge >= 0.3 is 0 Å². The molecule has 7 rings (SSSR count). The van der Waals surface area contributed by atoms with Crippen LogP contribution in [-0.4, -0.2) is 9.97 Å². The first-order valence-electron chi connectivity index (χ1n) is 23.3. The van der Waals surface area contributed by atoms with Crippen LogP contribution in [-0.2, 0) is 26.5 Å². The third-order valence-corrected chi connectivity index (χ3v) is 7.30. The number of fused-ring (bicyclic) bond motifs is 3. The van der Waals surface area contributed by atoms with E-state index in [-0.39, 0.29) is 75.9 Å². The maximum atomic E-state index is 8.69. The van der Waals surface area contributed by atoms with Gasteiger partial charge in [-0.2, -0.15) is 0 Å². The molecule has 0 aliphatic heterocycles. The second-order valence-electron chi connectivity index (χ2n) is 12.1. The molecular weight excluding hydrogens is 765 g/mol. The summed E-state index contributed by atoms with van der Waals surface area (Å²) >= 11 is 0. The molecule has 0 aliphatic rings. The average Bonchev–Trinajstić information content (AvgIpc) is 3.58. The molecule has 0 fully saturated rings. The number of aromatic nitrogens is 2. The molecule has 3 nitrogen and oxygen atoms in total. The normalized spacial score (nSPS) is 18.1. The average molecular weight is 824 g/mol. The molecule has 0 N–H and O–H groups in total. The van der Waals surface area contributed by atoms with Crippen molar-refractivity contribution < 1.29 is 47.8 Å². The minimum absolute atomic E-state index is 0. The number of nitrogens with zero attached hydrogens (tertiary/aromatic N) is 2. The topological polar surface area (TPSA) is 38.9 Å². The predicted molar refractivity (Wildman–Crippen MR) is 197 cm³/mol. The molecule has 3 aromatic heterocycles. The molecule has 48 heavy (non-hydrogen) atoms. The standard InChI is InChI=1S/C31H30NO.C13H12N.Ir/c1-19-9-7-10-24-25-11-8-12-26(30(25)33-29(19)24)28-16-27(21(3)18-32-28)23-14-13-22(15-20(23)2)17-31(4,5)6;1-10-3-6-12(7-4-10)13-8-5-11(2)9-14-13;/h7-11,13-16,18H,17H2,1-6H3;3-6,8-9H,1-2H3;/q2*-1;/i1D3,2D3,3D3,17D2;1D3,2D3;. The van der Waals surface area contributed by atoms with Crippen molar-refractivity contribution in [1.29, 1.82) is 0 Å². The van der Waals surface area contributed by atoms with Crippen LogP contribution < -0.4 is 0 Å². The van der Waals surface area contributed by atoms with Gasteiger partial charge in [0, 0.05) is 61.2 Å². The molecule has 0 saturated heterocycles. The number of pyridine rings is 2. The summed E-state index contributed by atoms with van der Waals surface area (Å²) in [6.45, 7) is -6.98. The number of rotatable bonds is 4. The van der Waals surface area contributed by atoms with E-state index in [9.17, 15) is 0 Å². The van der Waals surface area contributed by atoms with Gasteiger partial charge in [0.15, 0.2) is 0 Å². The van der Waals surface area contributed by atoms with Crippen molar-refractivity contribution in [2.75, 3.05) is 0 Å². The third-order valence-electron chi connectivity index (χ3n) is 7.30. The fourth-order valence-corrected chi connectivity index (χ4v) is 5.20. The van der Waals surface area contributed by atoms with Gasteiger partial charge in [0.2, 0.25) is 0 Å². The predicted octanol–water partition coefficient (Wildman–Crippen LogP) is 11.8. The zero-order valence-electron chi connectivity index (χ0n) is 43.4. The van der Waals surface area contributed by atoms with E-state index in [1.54, 1.807) is 57.2 Å². The first-order valence-corrected chi connectivity index (χ1v) is 14.8. The first kappa shape index (κ1) is 19.0. The number of hydrogen-bond acceptors (Lipinski definition) is 3. The summed E-state index contributed by atoms with van der Waals surface area (Å²) in [6.07, 6.45) is 0.585. The fourth-order valence-electron chi connectivity index (χ4n) is 5.20. The number of para-hydroxylation sites is 1. The molecule has 0 amide bonds. The van der Waals surface area contributed by atoms with Crippen LogP contribution >= 0.6 is 0 Å². The van der Waals surface area contributed by atoms with Crippen LogP contribution in [0.25, 0.3) is 55.6 Å². The van der Waals surface area contributed by atoms with Gasteiger partial charge in [0.25, 0.3) is 0 Å². The zero-order chi connectivity index (χ0) is 47.6. The van der Waals surface area contributed by atoms with Crippen molar-refractivity contribution in [3.63, 3.8) is 0 Å². The summed E-state index contributed by atoms with van der Waals surface area (Å²) in [6, 6.07) is 27.4. The molecule has 0 aliphatic carbocycles. The zero-order valence-corrected chi connectivity index (χ0v) is 28.8. The summed E-state index contributed by atoms with van der Waals surface area (Å²) in [5.74, 6) is 0. The molecule has 1 radical (unpaired) electrons. The minimum atomic E-state index is -2.70. The van der Waals surface area contributed by atoms with Crippen molar-refractivity contribution in [3.05, 3.63) is 143 Å². The molecule has 0 saturated carbocycles. The maximum absolute atomic E-state index is 8.69. The van der Waals surface area contributed by atoms with Crippen molar-refractivity contribution in [1.82, 2.24) is 9.97 Å². The molecule has 0 unspecified atom stereocenters. The van der Waals surface area contributed by atoms with Crippen molar-refractivity contribution in [2.24, 2.45) is 5.41 Å². The molecule has 4 heteroatoms. The molecule has 3 heterocycles. The van der Waals surface area contributed by atoms with Gasteiger partial charge in [0.05, 0.1) is 5.58 Å². The summed E-state index contributed by atoms with van der Waals surface area (Å²) in [5.41, 5.74) is 1.78. The first-order chi connectivity index (χ1) is 29.3. The number of aryl methyl sites for hydroxylation is 5. The smallest absolute Gasteiger partial charge is 0.123 e. The van der Waals surface area contributed by atoms with E-state index in [0.29, 0.717) is 33.2 Å². The van der Waals surface area contributed by atoms with Crippen molar-refractivity contribution in [3.8, 4) is 33.6 Å². The Kier molecular flexibility index (Phi) is 5.69. The van der Waals surface area contributed by atoms with E-state index >= 15 is 0 Å². The van der Waals surface area contributed by atoms with Crippen LogP contribution in [0, 0.1) is 51.8 Å². The van der Waals surface area contributed by atoms with Gasteiger partial charge in [-0.25, -0.2) is 0 Å². The summed E-state index contributed by atoms with van der Waals surface area (Å²) in [7, 11) is 0. The molecule has 0 spiro atoms. The van der Waals surface area contributed by atoms with E-state index in [2.05, 4.69) is 22.1 Å². The molecule has 4 aromatic carbocycles. The summed E-state index contributed by atoms with van der Waals surface area (Å²) in [4.78, 5) is 8.49. The number of benzene rings is 4. The maximum Gasteiger partial charge on any atom is 0.123 e. The van der Waals surface area contributed by atoms with Gasteiger partial charge < -0.3 is 14.4 Å². The molecule has 7 aromatic rings. The largest absolute Gasteiger partial charge is 0.500 e. The van der Waals surface area contributed by atoms with Crippen molar-refractivity contribution >= 4 is 21.9 Å². The number of furan rings is 1. The van der Waals surface area contributed by atoms with Gasteiger partial charge in [-0.3, -0.25) is 0 Å². The third kappa shape index (κ3) is 7.67. The summed E-state index contributed by atoms with van der Waals surface area (Å²) in [5, 5.41) is 1.19. The molecule has 0 atom stereocenters. The van der Waals surface area contributed by atoms with E-state index in [4.69, 9.17) is 27.7 Å². The number of hydrogen-bond donors (Lipinski definition) is 0. The van der Waals surface area contributed by atoms with Crippen LogP contribution in [0.1, 0.15) is 77.5 Å². The Morgan fingerprint density at radius 2 is 1.50 bits per heavy atom. The van der Waals surface area contributed by atoms with Gasteiger partial charge in [-0.15, -0.1) is 53.6 Å². The molecular formula is C44H42IrN2O-2. The van der Waals surface area contributed by atoms with Crippen LogP contribution in [0.2, 0.25) is 0 Å². The van der Waals surface area contributed by atoms with E-state index in [1.807, 2.05) is 0 Å². The quantitative estimate of drug-likeness (QED) is 0.166. The second kappa shape index (κ2) is 14.4. The minimum Gasteiger partial charge on any atom is -0.500 e. The Morgan fingerprint density at radius 1 is 0.708 bits per heavy atom. The Hall–Kier alpha value is -4.37. The van der Waals surface area contributed by atoms with Crippen molar-refractivity contribution in [2.45, 2.75) is 61.4 Å². The van der Waals surface area contributed by atoms with E-state index in [0.717, 1.165) is 0 Å². The summed E-state index contributed by atoms with van der Waals surface area (Å²) < 4.78 is 140. The Morgan fingerprint density at radius 3 is 2.21 bits per heavy atom. The van der Waals surface area contributed by atoms with E-state index < -0.39 is 46.0 Å². The van der Waals surface area contributed by atoms with E-state index in [1.165, 1.54) is 60.9 Å². The van der Waals surface area contributed by atoms with Gasteiger partial charge in [0.1, 0.15) is 5.58 Å². The van der Waals surface area contributed by atoms with Crippen LogP contribution in [0.5, 0.6) is 0 Å². The van der Waals surface area contributed by atoms with Gasteiger partial charge in [-0.05, 0) is 89.5 Å². The van der Waals surface area contributed by atoms with Crippen LogP contribution in [0.3, 0.4) is 0 Å². The van der Waals surface area contributed by atoms with Crippen LogP contribution in [0.4, 0.5) is 0 Å². The Balaban J connectivity index is 0.000000317. The van der Waals surface area contributed by atoms with Crippen LogP contribution in [0.15, 0.2) is 102 Å². The van der Waals surface area contributed by atoms with Gasteiger partial charge in [-0.1, -0.05) is 93.2 Å². The Labute approximate surface area is 322 Å². The molecule has 245 valence electrons.